The summed E-state index contributed by atoms with van der Waals surface area (Å²) in [6, 6.07) is 8.26. The monoisotopic (exact) mass is 304 g/mol. The highest BCUT2D eigenvalue weighted by Crippen LogP contribution is 2.38. The first kappa shape index (κ1) is 15.1. The third-order valence-electron chi connectivity index (χ3n) is 4.71. The van der Waals surface area contributed by atoms with Gasteiger partial charge in [-0.05, 0) is 54.0 Å². The van der Waals surface area contributed by atoms with Crippen molar-refractivity contribution in [3.63, 3.8) is 0 Å². The van der Waals surface area contributed by atoms with E-state index >= 15 is 0 Å². The van der Waals surface area contributed by atoms with Crippen molar-refractivity contribution in [2.75, 3.05) is 0 Å². The minimum atomic E-state index is -0.668. The van der Waals surface area contributed by atoms with Crippen molar-refractivity contribution in [1.82, 2.24) is 0 Å². The SMILES string of the molecule is CC1CCC(c2ccc(-c3c(F)cccc3F)cc2F)CC1. The lowest BCUT2D eigenvalue weighted by atomic mass is 9.79. The highest BCUT2D eigenvalue weighted by Gasteiger charge is 2.23. The third kappa shape index (κ3) is 2.90. The summed E-state index contributed by atoms with van der Waals surface area (Å²) in [6.07, 6.45) is 4.17. The zero-order chi connectivity index (χ0) is 15.7. The maximum Gasteiger partial charge on any atom is 0.133 e. The van der Waals surface area contributed by atoms with E-state index in [0.29, 0.717) is 11.5 Å². The fourth-order valence-electron chi connectivity index (χ4n) is 3.36. The van der Waals surface area contributed by atoms with Gasteiger partial charge >= 0.3 is 0 Å². The maximum absolute atomic E-state index is 14.4. The molecule has 2 aromatic carbocycles. The second kappa shape index (κ2) is 6.15. The molecule has 0 nitrogen and oxygen atoms in total. The molecule has 0 saturated heterocycles. The Morgan fingerprint density at radius 3 is 2.05 bits per heavy atom. The Hall–Kier alpha value is -1.77. The first-order chi connectivity index (χ1) is 10.6. The number of hydrogen-bond acceptors (Lipinski definition) is 0. The van der Waals surface area contributed by atoms with Crippen LogP contribution in [0.2, 0.25) is 0 Å². The molecule has 0 unspecified atom stereocenters. The van der Waals surface area contributed by atoms with Gasteiger partial charge in [0.15, 0.2) is 0 Å². The van der Waals surface area contributed by atoms with Gasteiger partial charge in [-0.2, -0.15) is 0 Å². The van der Waals surface area contributed by atoms with E-state index in [9.17, 15) is 13.2 Å². The third-order valence-corrected chi connectivity index (χ3v) is 4.71. The Bertz CT molecular complexity index is 650. The van der Waals surface area contributed by atoms with Crippen molar-refractivity contribution >= 4 is 0 Å². The van der Waals surface area contributed by atoms with E-state index in [2.05, 4.69) is 6.92 Å². The summed E-state index contributed by atoms with van der Waals surface area (Å²) in [5.74, 6) is -0.779. The molecule has 0 amide bonds. The van der Waals surface area contributed by atoms with Crippen LogP contribution in [0.1, 0.15) is 44.1 Å². The van der Waals surface area contributed by atoms with Crippen molar-refractivity contribution in [3.05, 3.63) is 59.4 Å². The molecule has 3 heteroatoms. The zero-order valence-corrected chi connectivity index (χ0v) is 12.6. The lowest BCUT2D eigenvalue weighted by Gasteiger charge is -2.26. The van der Waals surface area contributed by atoms with E-state index in [4.69, 9.17) is 0 Å². The molecule has 0 spiro atoms. The van der Waals surface area contributed by atoms with Crippen LogP contribution in [0.25, 0.3) is 11.1 Å². The molecule has 0 heterocycles. The average molecular weight is 304 g/mol. The van der Waals surface area contributed by atoms with E-state index in [1.165, 1.54) is 24.3 Å². The molecule has 1 fully saturated rings. The van der Waals surface area contributed by atoms with Crippen LogP contribution in [0.15, 0.2) is 36.4 Å². The normalized spacial score (nSPS) is 21.8. The van der Waals surface area contributed by atoms with Gasteiger partial charge < -0.3 is 0 Å². The standard InChI is InChI=1S/C19H19F3/c1-12-5-7-13(8-6-12)15-10-9-14(11-18(15)22)19-16(20)3-2-4-17(19)21/h2-4,9-13H,5-8H2,1H3. The summed E-state index contributed by atoms with van der Waals surface area (Å²) in [5.41, 5.74) is 0.763. The smallest absolute Gasteiger partial charge is 0.133 e. The fraction of sp³-hybridized carbons (Fsp3) is 0.368. The minimum Gasteiger partial charge on any atom is -0.207 e. The molecule has 116 valence electrons. The van der Waals surface area contributed by atoms with Gasteiger partial charge in [0.25, 0.3) is 0 Å². The number of benzene rings is 2. The molecule has 0 bridgehead atoms. The van der Waals surface area contributed by atoms with Gasteiger partial charge in [0.2, 0.25) is 0 Å². The van der Waals surface area contributed by atoms with Crippen LogP contribution in [-0.2, 0) is 0 Å². The van der Waals surface area contributed by atoms with Crippen LogP contribution >= 0.6 is 0 Å². The van der Waals surface area contributed by atoms with Crippen molar-refractivity contribution < 1.29 is 13.2 Å². The van der Waals surface area contributed by atoms with Crippen LogP contribution in [0.4, 0.5) is 13.2 Å². The van der Waals surface area contributed by atoms with Crippen molar-refractivity contribution in [2.24, 2.45) is 5.92 Å². The number of rotatable bonds is 2. The Kier molecular flexibility index (Phi) is 4.23. The van der Waals surface area contributed by atoms with E-state index in [0.717, 1.165) is 25.7 Å². The van der Waals surface area contributed by atoms with E-state index < -0.39 is 11.6 Å². The summed E-state index contributed by atoms with van der Waals surface area (Å²) in [5, 5.41) is 0. The average Bonchev–Trinajstić information content (AvgIpc) is 2.48. The van der Waals surface area contributed by atoms with Gasteiger partial charge in [-0.25, -0.2) is 13.2 Å². The molecule has 1 saturated carbocycles. The predicted octanol–water partition coefficient (Wildman–Crippen LogP) is 6.06. The predicted molar refractivity (Wildman–Crippen MR) is 82.1 cm³/mol. The molecule has 0 aliphatic heterocycles. The highest BCUT2D eigenvalue weighted by molar-refractivity contribution is 5.65. The van der Waals surface area contributed by atoms with Crippen molar-refractivity contribution in [3.8, 4) is 11.1 Å². The first-order valence-corrected chi connectivity index (χ1v) is 7.80. The molecule has 0 aromatic heterocycles. The van der Waals surface area contributed by atoms with Gasteiger partial charge in [-0.3, -0.25) is 0 Å². The van der Waals surface area contributed by atoms with Crippen LogP contribution < -0.4 is 0 Å². The lowest BCUT2D eigenvalue weighted by molar-refractivity contribution is 0.342. The molecule has 1 aliphatic rings. The molecular formula is C19H19F3. The summed E-state index contributed by atoms with van der Waals surface area (Å²) < 4.78 is 42.0. The van der Waals surface area contributed by atoms with Crippen LogP contribution in [-0.4, -0.2) is 0 Å². The Morgan fingerprint density at radius 1 is 0.818 bits per heavy atom. The van der Waals surface area contributed by atoms with Crippen LogP contribution in [0, 0.1) is 23.4 Å². The zero-order valence-electron chi connectivity index (χ0n) is 12.6. The van der Waals surface area contributed by atoms with Gasteiger partial charge in [0, 0.05) is 0 Å². The molecule has 0 radical (unpaired) electrons. The van der Waals surface area contributed by atoms with Crippen LogP contribution in [0.5, 0.6) is 0 Å². The van der Waals surface area contributed by atoms with Crippen LogP contribution in [0.3, 0.4) is 0 Å². The molecule has 2 aromatic rings. The minimum absolute atomic E-state index is 0.162. The summed E-state index contributed by atoms with van der Waals surface area (Å²) >= 11 is 0. The van der Waals surface area contributed by atoms with Crippen molar-refractivity contribution in [1.29, 1.82) is 0 Å². The van der Waals surface area contributed by atoms with Gasteiger partial charge in [0.05, 0.1) is 5.56 Å². The second-order valence-electron chi connectivity index (χ2n) is 6.29. The fourth-order valence-corrected chi connectivity index (χ4v) is 3.36. The van der Waals surface area contributed by atoms with Crippen molar-refractivity contribution in [2.45, 2.75) is 38.5 Å². The van der Waals surface area contributed by atoms with E-state index in [1.54, 1.807) is 12.1 Å². The van der Waals surface area contributed by atoms with Gasteiger partial charge in [-0.1, -0.05) is 38.0 Å². The molecule has 22 heavy (non-hydrogen) atoms. The Balaban J connectivity index is 1.93. The lowest BCUT2D eigenvalue weighted by Crippen LogP contribution is -2.12. The quantitative estimate of drug-likeness (QED) is 0.632. The first-order valence-electron chi connectivity index (χ1n) is 7.80. The summed E-state index contributed by atoms with van der Waals surface area (Å²) in [6.45, 7) is 2.22. The number of halogens is 3. The number of hydrogen-bond donors (Lipinski definition) is 0. The second-order valence-corrected chi connectivity index (χ2v) is 6.29. The van der Waals surface area contributed by atoms with Gasteiger partial charge in [0.1, 0.15) is 17.5 Å². The van der Waals surface area contributed by atoms with E-state index in [-0.39, 0.29) is 22.9 Å². The summed E-state index contributed by atoms with van der Waals surface area (Å²) in [7, 11) is 0. The highest BCUT2D eigenvalue weighted by atomic mass is 19.1. The molecule has 0 atom stereocenters. The maximum atomic E-state index is 14.4. The molecule has 3 rings (SSSR count). The molecular weight excluding hydrogens is 285 g/mol. The Morgan fingerprint density at radius 2 is 1.45 bits per heavy atom. The topological polar surface area (TPSA) is 0 Å². The van der Waals surface area contributed by atoms with E-state index in [1.807, 2.05) is 0 Å². The Labute approximate surface area is 129 Å². The molecule has 1 aliphatic carbocycles. The summed E-state index contributed by atoms with van der Waals surface area (Å²) in [4.78, 5) is 0. The largest absolute Gasteiger partial charge is 0.207 e. The van der Waals surface area contributed by atoms with Gasteiger partial charge in [-0.15, -0.1) is 0 Å². The molecule has 0 N–H and O–H groups in total.